The van der Waals surface area contributed by atoms with Crippen LogP contribution in [0.15, 0.2) is 29.1 Å². The lowest BCUT2D eigenvalue weighted by Crippen LogP contribution is -2.26. The predicted molar refractivity (Wildman–Crippen MR) is 132 cm³/mol. The Morgan fingerprint density at radius 2 is 1.95 bits per heavy atom. The van der Waals surface area contributed by atoms with Gasteiger partial charge in [-0.3, -0.25) is 4.79 Å². The summed E-state index contributed by atoms with van der Waals surface area (Å²) in [5, 5.41) is 21.6. The highest BCUT2D eigenvalue weighted by atomic mass is 19.1. The molecule has 0 saturated heterocycles. The normalized spacial score (nSPS) is 13.6. The summed E-state index contributed by atoms with van der Waals surface area (Å²) in [6.45, 7) is 8.46. The highest BCUT2D eigenvalue weighted by molar-refractivity contribution is 5.96. The van der Waals surface area contributed by atoms with Crippen molar-refractivity contribution < 1.29 is 18.0 Å². The van der Waals surface area contributed by atoms with E-state index in [1.165, 1.54) is 6.33 Å². The van der Waals surface area contributed by atoms with Crippen LogP contribution in [-0.4, -0.2) is 42.8 Å². The van der Waals surface area contributed by atoms with Gasteiger partial charge < -0.3 is 20.4 Å². The predicted octanol–water partition coefficient (Wildman–Crippen LogP) is 4.31. The maximum atomic E-state index is 14.8. The molecule has 3 N–H and O–H groups in total. The van der Waals surface area contributed by atoms with Gasteiger partial charge in [0, 0.05) is 24.3 Å². The molecule has 1 fully saturated rings. The summed E-state index contributed by atoms with van der Waals surface area (Å²) in [7, 11) is 0. The molecular weight excluding hydrogens is 482 g/mol. The molecule has 37 heavy (non-hydrogen) atoms. The number of aromatic nitrogens is 5. The van der Waals surface area contributed by atoms with Crippen LogP contribution in [0.25, 0.3) is 17.0 Å². The van der Waals surface area contributed by atoms with E-state index in [1.54, 1.807) is 10.7 Å². The van der Waals surface area contributed by atoms with Crippen LogP contribution in [0.5, 0.6) is 0 Å². The third kappa shape index (κ3) is 5.15. The monoisotopic (exact) mass is 510 g/mol. The number of nitrogens with zero attached hydrogens (tertiary/aromatic N) is 5. The van der Waals surface area contributed by atoms with E-state index in [-0.39, 0.29) is 35.1 Å². The van der Waals surface area contributed by atoms with E-state index in [1.807, 2.05) is 27.7 Å². The van der Waals surface area contributed by atoms with E-state index in [9.17, 15) is 13.6 Å². The molecule has 0 bridgehead atoms. The molecule has 3 heterocycles. The van der Waals surface area contributed by atoms with Crippen LogP contribution in [0.1, 0.15) is 68.3 Å². The van der Waals surface area contributed by atoms with Crippen molar-refractivity contribution in [2.75, 3.05) is 5.32 Å². The molecule has 0 aliphatic heterocycles. The summed E-state index contributed by atoms with van der Waals surface area (Å²) >= 11 is 0. The van der Waals surface area contributed by atoms with Crippen LogP contribution >= 0.6 is 0 Å². The van der Waals surface area contributed by atoms with Crippen molar-refractivity contribution in [1.29, 1.82) is 0 Å². The quantitative estimate of drug-likeness (QED) is 0.304. The van der Waals surface area contributed by atoms with Gasteiger partial charge in [-0.25, -0.2) is 18.3 Å². The van der Waals surface area contributed by atoms with E-state index >= 15 is 0 Å². The van der Waals surface area contributed by atoms with Crippen LogP contribution in [0.3, 0.4) is 0 Å². The topological polar surface area (TPSA) is 122 Å². The van der Waals surface area contributed by atoms with Crippen LogP contribution in [0, 0.1) is 11.6 Å². The van der Waals surface area contributed by atoms with Crippen LogP contribution in [-0.2, 0) is 6.54 Å². The number of carbonyl (C=O) groups excluding carboxylic acids is 1. The molecule has 0 unspecified atom stereocenters. The lowest BCUT2D eigenvalue weighted by Gasteiger charge is -2.13. The Bertz CT molecular complexity index is 1460. The number of carbonyl (C=O) groups is 1. The number of halogens is 2. The highest BCUT2D eigenvalue weighted by Gasteiger charge is 2.27. The number of fused-ring (bicyclic) bond motifs is 1. The van der Waals surface area contributed by atoms with Crippen molar-refractivity contribution in [3.63, 3.8) is 0 Å². The Morgan fingerprint density at radius 1 is 1.16 bits per heavy atom. The Hall–Kier alpha value is -3.93. The first-order valence-electron chi connectivity index (χ1n) is 12.2. The summed E-state index contributed by atoms with van der Waals surface area (Å²) < 4.78 is 36.7. The maximum absolute atomic E-state index is 14.8. The van der Waals surface area contributed by atoms with Gasteiger partial charge in [0.25, 0.3) is 5.91 Å². The fourth-order valence-corrected chi connectivity index (χ4v) is 4.04. The average molecular weight is 511 g/mol. The fraction of sp³-hybridized carbons (Fsp3) is 0.400. The minimum Gasteiger partial charge on any atom is -0.419 e. The third-order valence-electron chi connectivity index (χ3n) is 6.02. The van der Waals surface area contributed by atoms with Gasteiger partial charge in [0.2, 0.25) is 11.8 Å². The van der Waals surface area contributed by atoms with Crippen molar-refractivity contribution in [1.82, 2.24) is 35.4 Å². The van der Waals surface area contributed by atoms with E-state index in [2.05, 4.69) is 36.2 Å². The summed E-state index contributed by atoms with van der Waals surface area (Å²) in [5.41, 5.74) is 1.73. The standard InChI is InChI=1S/C25H28F2N8O2/c1-12(2)21-16(25-34-33-20(37-25)9-28-13(3)4)10-35-22(21)23(29-11-30-35)32-19-7-15(17(26)8-18(19)27)24(36)31-14-5-6-14/h7-8,10-14,28H,5-6,9H2,1-4H3,(H,31,36)(H,29,30,32). The van der Waals surface area contributed by atoms with Gasteiger partial charge >= 0.3 is 0 Å². The lowest BCUT2D eigenvalue weighted by molar-refractivity contribution is 0.0947. The molecule has 194 valence electrons. The molecule has 10 nitrogen and oxygen atoms in total. The van der Waals surface area contributed by atoms with Gasteiger partial charge in [0.1, 0.15) is 23.5 Å². The highest BCUT2D eigenvalue weighted by Crippen LogP contribution is 2.37. The molecule has 1 aliphatic carbocycles. The molecule has 1 saturated carbocycles. The molecule has 0 atom stereocenters. The van der Waals surface area contributed by atoms with Gasteiger partial charge in [0.05, 0.1) is 23.4 Å². The van der Waals surface area contributed by atoms with Crippen LogP contribution < -0.4 is 16.0 Å². The Kier molecular flexibility index (Phi) is 6.59. The largest absolute Gasteiger partial charge is 0.419 e. The zero-order valence-corrected chi connectivity index (χ0v) is 21.0. The number of benzene rings is 1. The first-order chi connectivity index (χ1) is 17.7. The molecule has 4 aromatic rings. The SMILES string of the molecule is CC(C)NCc1nnc(-c2cn3ncnc(Nc4cc(C(=O)NC5CC5)c(F)cc4F)c3c2C(C)C)o1. The smallest absolute Gasteiger partial charge is 0.254 e. The molecule has 0 radical (unpaired) electrons. The van der Waals surface area contributed by atoms with Gasteiger partial charge in [-0.2, -0.15) is 5.10 Å². The molecule has 1 amide bonds. The van der Waals surface area contributed by atoms with E-state index in [0.29, 0.717) is 35.5 Å². The second-order valence-electron chi connectivity index (χ2n) is 9.73. The maximum Gasteiger partial charge on any atom is 0.254 e. The fourth-order valence-electron chi connectivity index (χ4n) is 4.04. The van der Waals surface area contributed by atoms with Crippen molar-refractivity contribution in [2.24, 2.45) is 0 Å². The first kappa shape index (κ1) is 24.8. The molecular formula is C25H28F2N8O2. The minimum absolute atomic E-state index is 0.0198. The molecule has 5 rings (SSSR count). The number of hydrogen-bond donors (Lipinski definition) is 3. The molecule has 12 heteroatoms. The third-order valence-corrected chi connectivity index (χ3v) is 6.02. The van der Waals surface area contributed by atoms with Crippen molar-refractivity contribution in [3.05, 3.63) is 53.3 Å². The van der Waals surface area contributed by atoms with Crippen LogP contribution in [0.2, 0.25) is 0 Å². The summed E-state index contributed by atoms with van der Waals surface area (Å²) in [6.07, 6.45) is 4.77. The number of amides is 1. The number of nitrogens with one attached hydrogen (secondary N) is 3. The number of rotatable bonds is 9. The second-order valence-corrected chi connectivity index (χ2v) is 9.73. The van der Waals surface area contributed by atoms with E-state index in [0.717, 1.165) is 24.5 Å². The second kappa shape index (κ2) is 9.85. The summed E-state index contributed by atoms with van der Waals surface area (Å²) in [6, 6.07) is 2.15. The van der Waals surface area contributed by atoms with E-state index < -0.39 is 17.5 Å². The summed E-state index contributed by atoms with van der Waals surface area (Å²) in [4.78, 5) is 16.8. The summed E-state index contributed by atoms with van der Waals surface area (Å²) in [5.74, 6) is -1.33. The van der Waals surface area contributed by atoms with Gasteiger partial charge in [-0.05, 0) is 30.4 Å². The van der Waals surface area contributed by atoms with Crippen molar-refractivity contribution in [2.45, 2.75) is 65.1 Å². The number of anilines is 2. The van der Waals surface area contributed by atoms with Crippen molar-refractivity contribution in [3.8, 4) is 11.5 Å². The van der Waals surface area contributed by atoms with Crippen molar-refractivity contribution >= 4 is 22.9 Å². The Balaban J connectivity index is 1.53. The molecule has 1 aliphatic rings. The van der Waals surface area contributed by atoms with Gasteiger partial charge in [0.15, 0.2) is 5.82 Å². The average Bonchev–Trinajstić information content (AvgIpc) is 3.37. The Labute approximate surface area is 211 Å². The van der Waals surface area contributed by atoms with E-state index in [4.69, 9.17) is 4.42 Å². The zero-order chi connectivity index (χ0) is 26.3. The first-order valence-corrected chi connectivity index (χ1v) is 12.2. The molecule has 0 spiro atoms. The molecule has 3 aromatic heterocycles. The lowest BCUT2D eigenvalue weighted by atomic mass is 10.00. The van der Waals surface area contributed by atoms with Gasteiger partial charge in [-0.15, -0.1) is 10.2 Å². The van der Waals surface area contributed by atoms with Crippen LogP contribution in [0.4, 0.5) is 20.3 Å². The Morgan fingerprint density at radius 3 is 2.65 bits per heavy atom. The zero-order valence-electron chi connectivity index (χ0n) is 21.0. The number of hydrogen-bond acceptors (Lipinski definition) is 8. The van der Waals surface area contributed by atoms with Gasteiger partial charge in [-0.1, -0.05) is 27.7 Å². The minimum atomic E-state index is -0.930. The molecule has 1 aromatic carbocycles.